The van der Waals surface area contributed by atoms with Gasteiger partial charge in [-0.05, 0) is 41.4 Å². The van der Waals surface area contributed by atoms with Crippen molar-refractivity contribution in [2.75, 3.05) is 12.3 Å². The number of hydrogen-bond acceptors (Lipinski definition) is 7. The third-order valence-electron chi connectivity index (χ3n) is 3.60. The second kappa shape index (κ2) is 10.0. The first-order chi connectivity index (χ1) is 14.2. The Kier molecular flexibility index (Phi) is 7.44. The predicted molar refractivity (Wildman–Crippen MR) is 105 cm³/mol. The van der Waals surface area contributed by atoms with Gasteiger partial charge in [0.1, 0.15) is 5.75 Å². The summed E-state index contributed by atoms with van der Waals surface area (Å²) in [5.74, 6) is -2.64. The standard InChI is InChI=1S/C17H16N6O6S/c18-22-23-30(28,29)8-7-19-17(27)14-10-13(5-6-15(14)24)21-20-12-3-1-11(2-4-12)9-16(25)26/h1-6,10,24H,7-9H2,(H,19,27)(H,25,26)/b21-20+. The topological polar surface area (TPSA) is 194 Å². The molecule has 0 aliphatic heterocycles. The Hall–Kier alpha value is -3.96. The molecule has 156 valence electrons. The monoisotopic (exact) mass is 432 g/mol. The summed E-state index contributed by atoms with van der Waals surface area (Å²) in [5, 5.41) is 28.9. The van der Waals surface area contributed by atoms with E-state index in [1.54, 1.807) is 24.3 Å². The molecular weight excluding hydrogens is 416 g/mol. The number of amides is 1. The van der Waals surface area contributed by atoms with Gasteiger partial charge in [-0.15, -0.1) is 0 Å². The van der Waals surface area contributed by atoms with Gasteiger partial charge in [-0.3, -0.25) is 9.59 Å². The number of benzene rings is 2. The van der Waals surface area contributed by atoms with Crippen molar-refractivity contribution >= 4 is 33.3 Å². The fourth-order valence-electron chi connectivity index (χ4n) is 2.22. The number of sulfonamides is 1. The minimum absolute atomic E-state index is 0.113. The van der Waals surface area contributed by atoms with Gasteiger partial charge in [0.05, 0.1) is 29.1 Å². The molecule has 0 aliphatic carbocycles. The number of nitrogens with zero attached hydrogens (tertiary/aromatic N) is 5. The van der Waals surface area contributed by atoms with Gasteiger partial charge in [0, 0.05) is 16.0 Å². The van der Waals surface area contributed by atoms with Crippen molar-refractivity contribution in [2.45, 2.75) is 6.42 Å². The summed E-state index contributed by atoms with van der Waals surface area (Å²) in [7, 11) is -4.01. The van der Waals surface area contributed by atoms with E-state index in [0.29, 0.717) is 11.3 Å². The number of phenolic OH excluding ortho intramolecular Hbond substituents is 1. The highest BCUT2D eigenvalue weighted by atomic mass is 32.2. The lowest BCUT2D eigenvalue weighted by molar-refractivity contribution is -0.136. The van der Waals surface area contributed by atoms with Gasteiger partial charge in [-0.2, -0.15) is 10.2 Å². The Balaban J connectivity index is 2.07. The van der Waals surface area contributed by atoms with Crippen molar-refractivity contribution in [3.63, 3.8) is 0 Å². The summed E-state index contributed by atoms with van der Waals surface area (Å²) >= 11 is 0. The lowest BCUT2D eigenvalue weighted by atomic mass is 10.1. The molecule has 13 heteroatoms. The summed E-state index contributed by atoms with van der Waals surface area (Å²) in [6, 6.07) is 10.3. The molecule has 1 amide bonds. The van der Waals surface area contributed by atoms with E-state index in [0.717, 1.165) is 0 Å². The van der Waals surface area contributed by atoms with Crippen LogP contribution in [0.2, 0.25) is 0 Å². The Morgan fingerprint density at radius 3 is 2.33 bits per heavy atom. The van der Waals surface area contributed by atoms with Gasteiger partial charge < -0.3 is 15.5 Å². The van der Waals surface area contributed by atoms with E-state index in [4.69, 9.17) is 10.6 Å². The summed E-state index contributed by atoms with van der Waals surface area (Å²) < 4.78 is 25.2. The quantitative estimate of drug-likeness (QED) is 0.309. The van der Waals surface area contributed by atoms with Crippen molar-refractivity contribution in [2.24, 2.45) is 14.7 Å². The van der Waals surface area contributed by atoms with E-state index in [1.807, 2.05) is 0 Å². The Morgan fingerprint density at radius 2 is 1.70 bits per heavy atom. The van der Waals surface area contributed by atoms with E-state index in [2.05, 4.69) is 25.0 Å². The smallest absolute Gasteiger partial charge is 0.307 e. The van der Waals surface area contributed by atoms with Crippen molar-refractivity contribution in [3.05, 3.63) is 64.0 Å². The normalized spacial score (nSPS) is 11.1. The van der Waals surface area contributed by atoms with E-state index in [-0.39, 0.29) is 30.0 Å². The van der Waals surface area contributed by atoms with Crippen LogP contribution in [0.5, 0.6) is 5.75 Å². The summed E-state index contributed by atoms with van der Waals surface area (Å²) in [4.78, 5) is 25.0. The zero-order valence-electron chi connectivity index (χ0n) is 15.3. The number of azide groups is 1. The number of carboxylic acids is 1. The van der Waals surface area contributed by atoms with Crippen LogP contribution in [-0.4, -0.2) is 42.8 Å². The van der Waals surface area contributed by atoms with Crippen LogP contribution in [0.25, 0.3) is 10.4 Å². The van der Waals surface area contributed by atoms with Gasteiger partial charge in [0.15, 0.2) is 0 Å². The zero-order chi connectivity index (χ0) is 22.1. The highest BCUT2D eigenvalue weighted by Gasteiger charge is 2.14. The summed E-state index contributed by atoms with van der Waals surface area (Å²) in [6.45, 7) is -0.325. The molecule has 0 saturated heterocycles. The summed E-state index contributed by atoms with van der Waals surface area (Å²) in [5.41, 5.74) is 9.30. The minimum Gasteiger partial charge on any atom is -0.507 e. The predicted octanol–water partition coefficient (Wildman–Crippen LogP) is 2.80. The SMILES string of the molecule is [N-]=[N+]=NS(=O)(=O)CCNC(=O)c1cc(/N=N/c2ccc(CC(=O)O)cc2)ccc1O. The Labute approximate surface area is 170 Å². The third kappa shape index (κ3) is 6.89. The second-order valence-electron chi connectivity index (χ2n) is 5.85. The van der Waals surface area contributed by atoms with Crippen molar-refractivity contribution in [1.29, 1.82) is 0 Å². The molecule has 0 fully saturated rings. The Bertz CT molecular complexity index is 1120. The third-order valence-corrected chi connectivity index (χ3v) is 4.65. The van der Waals surface area contributed by atoms with Crippen molar-refractivity contribution in [1.82, 2.24) is 5.32 Å². The van der Waals surface area contributed by atoms with Crippen LogP contribution in [0, 0.1) is 0 Å². The van der Waals surface area contributed by atoms with Gasteiger partial charge >= 0.3 is 5.97 Å². The molecule has 0 spiro atoms. The number of phenols is 1. The molecular formula is C17H16N6O6S. The molecule has 0 atom stereocenters. The largest absolute Gasteiger partial charge is 0.507 e. The molecule has 0 heterocycles. The molecule has 30 heavy (non-hydrogen) atoms. The van der Waals surface area contributed by atoms with Gasteiger partial charge in [-0.1, -0.05) is 12.1 Å². The molecule has 0 aliphatic rings. The van der Waals surface area contributed by atoms with Crippen LogP contribution in [0.1, 0.15) is 15.9 Å². The first kappa shape index (κ1) is 22.3. The Morgan fingerprint density at radius 1 is 1.07 bits per heavy atom. The van der Waals surface area contributed by atoms with Crippen molar-refractivity contribution < 1.29 is 28.2 Å². The van der Waals surface area contributed by atoms with E-state index in [1.165, 1.54) is 18.2 Å². The summed E-state index contributed by atoms with van der Waals surface area (Å²) in [6.07, 6.45) is -0.113. The average Bonchev–Trinajstić information content (AvgIpc) is 2.67. The molecule has 2 aromatic carbocycles. The number of aliphatic carboxylic acids is 1. The van der Waals surface area contributed by atoms with Crippen LogP contribution in [0.15, 0.2) is 57.2 Å². The van der Waals surface area contributed by atoms with Crippen LogP contribution < -0.4 is 5.32 Å². The lowest BCUT2D eigenvalue weighted by Gasteiger charge is -2.06. The van der Waals surface area contributed by atoms with Crippen LogP contribution in [0.4, 0.5) is 11.4 Å². The van der Waals surface area contributed by atoms with Gasteiger partial charge in [-0.25, -0.2) is 8.42 Å². The molecule has 0 bridgehead atoms. The number of aromatic hydroxyl groups is 1. The molecule has 12 nitrogen and oxygen atoms in total. The molecule has 2 aromatic rings. The highest BCUT2D eigenvalue weighted by molar-refractivity contribution is 7.90. The maximum absolute atomic E-state index is 12.2. The fourth-order valence-corrected chi connectivity index (χ4v) is 2.78. The van der Waals surface area contributed by atoms with E-state index < -0.39 is 27.7 Å². The number of azo groups is 1. The lowest BCUT2D eigenvalue weighted by Crippen LogP contribution is -2.28. The molecule has 0 unspecified atom stereocenters. The fraction of sp³-hybridized carbons (Fsp3) is 0.176. The van der Waals surface area contributed by atoms with Crippen LogP contribution >= 0.6 is 0 Å². The molecule has 3 N–H and O–H groups in total. The van der Waals surface area contributed by atoms with E-state index >= 15 is 0 Å². The van der Waals surface area contributed by atoms with Crippen LogP contribution in [-0.2, 0) is 21.2 Å². The molecule has 0 saturated carbocycles. The van der Waals surface area contributed by atoms with E-state index in [9.17, 15) is 23.1 Å². The van der Waals surface area contributed by atoms with Gasteiger partial charge in [0.25, 0.3) is 5.91 Å². The van der Waals surface area contributed by atoms with Gasteiger partial charge in [0.2, 0.25) is 10.0 Å². The van der Waals surface area contributed by atoms with Crippen LogP contribution in [0.3, 0.4) is 0 Å². The number of hydrogen-bond donors (Lipinski definition) is 3. The molecule has 0 radical (unpaired) electrons. The number of carboxylic acid groups (broad SMARTS) is 1. The number of carbonyl (C=O) groups excluding carboxylic acids is 1. The second-order valence-corrected chi connectivity index (χ2v) is 7.59. The number of carbonyl (C=O) groups is 2. The highest BCUT2D eigenvalue weighted by Crippen LogP contribution is 2.25. The van der Waals surface area contributed by atoms with Crippen molar-refractivity contribution in [3.8, 4) is 5.75 Å². The first-order valence-corrected chi connectivity index (χ1v) is 9.94. The number of nitrogens with one attached hydrogen (secondary N) is 1. The zero-order valence-corrected chi connectivity index (χ0v) is 16.2. The number of rotatable bonds is 9. The molecule has 2 rings (SSSR count). The maximum atomic E-state index is 12.2. The average molecular weight is 432 g/mol. The minimum atomic E-state index is -4.01. The first-order valence-electron chi connectivity index (χ1n) is 8.33. The maximum Gasteiger partial charge on any atom is 0.307 e. The molecule has 0 aromatic heterocycles.